The fraction of sp³-hybridized carbons (Fsp3) is 0.667. The lowest BCUT2D eigenvalue weighted by atomic mass is 10.4. The Morgan fingerprint density at radius 3 is 2.71 bits per heavy atom. The van der Waals surface area contributed by atoms with E-state index in [4.69, 9.17) is 0 Å². The molecule has 0 saturated heterocycles. The summed E-state index contributed by atoms with van der Waals surface area (Å²) in [6.45, 7) is 9.00. The van der Waals surface area contributed by atoms with Crippen LogP contribution < -0.4 is 10.6 Å². The summed E-state index contributed by atoms with van der Waals surface area (Å²) in [6, 6.07) is 2.09. The molecule has 0 atom stereocenters. The SMILES string of the molecule is CC(=O)NCCNCCCn1nc(C)cc1C. The van der Waals surface area contributed by atoms with Gasteiger partial charge in [0.25, 0.3) is 0 Å². The first kappa shape index (κ1) is 13.7. The second kappa shape index (κ2) is 7.06. The number of carbonyl (C=O) groups is 1. The van der Waals surface area contributed by atoms with Crippen molar-refractivity contribution in [2.24, 2.45) is 0 Å². The van der Waals surface area contributed by atoms with Gasteiger partial charge < -0.3 is 10.6 Å². The Hall–Kier alpha value is -1.36. The van der Waals surface area contributed by atoms with E-state index in [-0.39, 0.29) is 5.91 Å². The first-order valence-electron chi connectivity index (χ1n) is 6.06. The van der Waals surface area contributed by atoms with E-state index < -0.39 is 0 Å². The second-order valence-electron chi connectivity index (χ2n) is 4.24. The van der Waals surface area contributed by atoms with Gasteiger partial charge in [0.1, 0.15) is 0 Å². The van der Waals surface area contributed by atoms with Gasteiger partial charge in [0, 0.05) is 32.3 Å². The lowest BCUT2D eigenvalue weighted by molar-refractivity contribution is -0.118. The van der Waals surface area contributed by atoms with Gasteiger partial charge in [0.05, 0.1) is 5.69 Å². The zero-order chi connectivity index (χ0) is 12.7. The zero-order valence-electron chi connectivity index (χ0n) is 10.9. The van der Waals surface area contributed by atoms with Gasteiger partial charge >= 0.3 is 0 Å². The molecule has 1 aromatic rings. The van der Waals surface area contributed by atoms with Gasteiger partial charge in [-0.05, 0) is 32.9 Å². The number of nitrogens with one attached hydrogen (secondary N) is 2. The molecule has 96 valence electrons. The summed E-state index contributed by atoms with van der Waals surface area (Å²) in [5, 5.41) is 10.4. The first-order valence-corrected chi connectivity index (χ1v) is 6.06. The zero-order valence-corrected chi connectivity index (χ0v) is 10.9. The van der Waals surface area contributed by atoms with Crippen molar-refractivity contribution in [1.29, 1.82) is 0 Å². The Balaban J connectivity index is 2.04. The maximum Gasteiger partial charge on any atom is 0.216 e. The van der Waals surface area contributed by atoms with Crippen LogP contribution in [0.4, 0.5) is 0 Å². The number of carbonyl (C=O) groups excluding carboxylic acids is 1. The fourth-order valence-corrected chi connectivity index (χ4v) is 1.71. The summed E-state index contributed by atoms with van der Waals surface area (Å²) < 4.78 is 2.03. The molecule has 0 aliphatic heterocycles. The average Bonchev–Trinajstić information content (AvgIpc) is 2.55. The molecule has 2 N–H and O–H groups in total. The monoisotopic (exact) mass is 238 g/mol. The predicted molar refractivity (Wildman–Crippen MR) is 67.9 cm³/mol. The molecule has 0 saturated carbocycles. The van der Waals surface area contributed by atoms with Crippen LogP contribution in [0, 0.1) is 13.8 Å². The molecule has 5 heteroatoms. The molecule has 1 heterocycles. The van der Waals surface area contributed by atoms with Crippen LogP contribution in [0.3, 0.4) is 0 Å². The third kappa shape index (κ3) is 5.49. The molecular formula is C12H22N4O. The highest BCUT2D eigenvalue weighted by Gasteiger charge is 1.99. The molecule has 0 unspecified atom stereocenters. The van der Waals surface area contributed by atoms with Crippen LogP contribution in [0.15, 0.2) is 6.07 Å². The number of amides is 1. The number of nitrogens with zero attached hydrogens (tertiary/aromatic N) is 2. The molecule has 0 radical (unpaired) electrons. The van der Waals surface area contributed by atoms with E-state index >= 15 is 0 Å². The highest BCUT2D eigenvalue weighted by atomic mass is 16.1. The lowest BCUT2D eigenvalue weighted by Crippen LogP contribution is -2.30. The van der Waals surface area contributed by atoms with Crippen LogP contribution in [0.1, 0.15) is 24.7 Å². The van der Waals surface area contributed by atoms with Crippen molar-refractivity contribution < 1.29 is 4.79 Å². The molecule has 17 heavy (non-hydrogen) atoms. The van der Waals surface area contributed by atoms with Gasteiger partial charge in [-0.1, -0.05) is 0 Å². The number of aromatic nitrogens is 2. The molecule has 0 aromatic carbocycles. The van der Waals surface area contributed by atoms with E-state index in [1.54, 1.807) is 0 Å². The van der Waals surface area contributed by atoms with Crippen LogP contribution in [0.5, 0.6) is 0 Å². The quantitative estimate of drug-likeness (QED) is 0.684. The minimum atomic E-state index is 0.0226. The molecule has 0 aliphatic carbocycles. The van der Waals surface area contributed by atoms with Crippen molar-refractivity contribution in [3.8, 4) is 0 Å². The Labute approximate surface area is 103 Å². The fourth-order valence-electron chi connectivity index (χ4n) is 1.71. The van der Waals surface area contributed by atoms with E-state index in [0.29, 0.717) is 6.54 Å². The third-order valence-electron chi connectivity index (χ3n) is 2.50. The molecule has 0 aliphatic rings. The van der Waals surface area contributed by atoms with Crippen LogP contribution in [0.25, 0.3) is 0 Å². The Morgan fingerprint density at radius 2 is 2.12 bits per heavy atom. The van der Waals surface area contributed by atoms with E-state index in [1.165, 1.54) is 12.6 Å². The summed E-state index contributed by atoms with van der Waals surface area (Å²) in [5.41, 5.74) is 2.28. The van der Waals surface area contributed by atoms with Crippen molar-refractivity contribution in [3.05, 3.63) is 17.5 Å². The molecule has 0 spiro atoms. The minimum absolute atomic E-state index is 0.0226. The van der Waals surface area contributed by atoms with Crippen molar-refractivity contribution in [1.82, 2.24) is 20.4 Å². The summed E-state index contributed by atoms with van der Waals surface area (Å²) in [5.74, 6) is 0.0226. The number of aryl methyl sites for hydroxylation is 3. The average molecular weight is 238 g/mol. The largest absolute Gasteiger partial charge is 0.355 e. The van der Waals surface area contributed by atoms with Crippen LogP contribution >= 0.6 is 0 Å². The Morgan fingerprint density at radius 1 is 1.35 bits per heavy atom. The molecule has 1 aromatic heterocycles. The van der Waals surface area contributed by atoms with E-state index in [9.17, 15) is 4.79 Å². The van der Waals surface area contributed by atoms with Crippen molar-refractivity contribution >= 4 is 5.91 Å². The van der Waals surface area contributed by atoms with E-state index in [2.05, 4.69) is 28.7 Å². The van der Waals surface area contributed by atoms with Crippen LogP contribution in [0.2, 0.25) is 0 Å². The summed E-state index contributed by atoms with van der Waals surface area (Å²) >= 11 is 0. The molecular weight excluding hydrogens is 216 g/mol. The van der Waals surface area contributed by atoms with E-state index in [1.807, 2.05) is 11.6 Å². The van der Waals surface area contributed by atoms with Crippen LogP contribution in [-0.2, 0) is 11.3 Å². The molecule has 5 nitrogen and oxygen atoms in total. The van der Waals surface area contributed by atoms with Crippen molar-refractivity contribution in [3.63, 3.8) is 0 Å². The third-order valence-corrected chi connectivity index (χ3v) is 2.50. The minimum Gasteiger partial charge on any atom is -0.355 e. The maximum absolute atomic E-state index is 10.6. The Bertz CT molecular complexity index is 359. The predicted octanol–water partition coefficient (Wildman–Crippen LogP) is 0.616. The van der Waals surface area contributed by atoms with Gasteiger partial charge in [-0.2, -0.15) is 5.10 Å². The Kier molecular flexibility index (Phi) is 5.69. The normalized spacial score (nSPS) is 10.5. The lowest BCUT2D eigenvalue weighted by Gasteiger charge is -2.06. The summed E-state index contributed by atoms with van der Waals surface area (Å²) in [7, 11) is 0. The number of hydrogen-bond donors (Lipinski definition) is 2. The topological polar surface area (TPSA) is 59.0 Å². The highest BCUT2D eigenvalue weighted by molar-refractivity contribution is 5.72. The van der Waals surface area contributed by atoms with Gasteiger partial charge in [0.15, 0.2) is 0 Å². The smallest absolute Gasteiger partial charge is 0.216 e. The van der Waals surface area contributed by atoms with Crippen molar-refractivity contribution in [2.75, 3.05) is 19.6 Å². The van der Waals surface area contributed by atoms with E-state index in [0.717, 1.165) is 31.7 Å². The van der Waals surface area contributed by atoms with Gasteiger partial charge in [-0.25, -0.2) is 0 Å². The number of hydrogen-bond acceptors (Lipinski definition) is 3. The molecule has 0 bridgehead atoms. The number of rotatable bonds is 7. The second-order valence-corrected chi connectivity index (χ2v) is 4.24. The van der Waals surface area contributed by atoms with Gasteiger partial charge in [-0.15, -0.1) is 0 Å². The molecule has 1 amide bonds. The first-order chi connectivity index (χ1) is 8.09. The van der Waals surface area contributed by atoms with Crippen molar-refractivity contribution in [2.45, 2.75) is 33.7 Å². The standard InChI is InChI=1S/C12H22N4O/c1-10-9-11(2)16(15-10)8-4-5-13-6-7-14-12(3)17/h9,13H,4-8H2,1-3H3,(H,14,17). The molecule has 1 rings (SSSR count). The van der Waals surface area contributed by atoms with Gasteiger partial charge in [-0.3, -0.25) is 9.48 Å². The van der Waals surface area contributed by atoms with Crippen LogP contribution in [-0.4, -0.2) is 35.3 Å². The maximum atomic E-state index is 10.6. The summed E-state index contributed by atoms with van der Waals surface area (Å²) in [4.78, 5) is 10.6. The highest BCUT2D eigenvalue weighted by Crippen LogP contribution is 2.01. The van der Waals surface area contributed by atoms with Gasteiger partial charge in [0.2, 0.25) is 5.91 Å². The summed E-state index contributed by atoms with van der Waals surface area (Å²) in [6.07, 6.45) is 1.04. The molecule has 0 fully saturated rings.